The molecular weight excluding hydrogens is 188 g/mol. The van der Waals surface area contributed by atoms with E-state index in [4.69, 9.17) is 17.3 Å². The summed E-state index contributed by atoms with van der Waals surface area (Å²) >= 11 is 5.86. The fraction of sp³-hybridized carbons (Fsp3) is 0.222. The summed E-state index contributed by atoms with van der Waals surface area (Å²) in [6, 6.07) is 6.78. The van der Waals surface area contributed by atoms with E-state index in [1.165, 1.54) is 0 Å². The van der Waals surface area contributed by atoms with Gasteiger partial charge in [0.25, 0.3) is 0 Å². The zero-order chi connectivity index (χ0) is 9.84. The van der Waals surface area contributed by atoms with Crippen molar-refractivity contribution in [1.82, 2.24) is 0 Å². The third-order valence-corrected chi connectivity index (χ3v) is 2.00. The van der Waals surface area contributed by atoms with Crippen molar-refractivity contribution >= 4 is 23.2 Å². The fourth-order valence-corrected chi connectivity index (χ4v) is 1.07. The fourth-order valence-electron chi connectivity index (χ4n) is 0.883. The highest BCUT2D eigenvalue weighted by Gasteiger charge is 2.08. The zero-order valence-electron chi connectivity index (χ0n) is 7.25. The Labute approximate surface area is 81.9 Å². The predicted molar refractivity (Wildman–Crippen MR) is 53.7 cm³/mol. The van der Waals surface area contributed by atoms with Crippen molar-refractivity contribution < 1.29 is 4.79 Å². The first-order valence-corrected chi connectivity index (χ1v) is 4.29. The first kappa shape index (κ1) is 9.86. The van der Waals surface area contributed by atoms with E-state index in [0.717, 1.165) is 5.69 Å². The molecule has 0 heterocycles. The molecule has 0 aliphatic heterocycles. The molecule has 1 atom stereocenters. The Morgan fingerprint density at radius 1 is 1.54 bits per heavy atom. The van der Waals surface area contributed by atoms with Gasteiger partial charge in [0.1, 0.15) is 6.04 Å². The molecule has 0 aliphatic rings. The standard InChI is InChI=1S/C9H11ClN2O/c1-6(9(11)13)12-8-5-3-2-4-7(8)10/h2-6,12H,1H3,(H2,11,13)/t6-/m0/s1. The number of nitrogens with two attached hydrogens (primary N) is 1. The van der Waals surface area contributed by atoms with Crippen molar-refractivity contribution in [3.63, 3.8) is 0 Å². The summed E-state index contributed by atoms with van der Waals surface area (Å²) in [6.45, 7) is 1.69. The first-order valence-electron chi connectivity index (χ1n) is 3.91. The van der Waals surface area contributed by atoms with E-state index >= 15 is 0 Å². The number of hydrogen-bond acceptors (Lipinski definition) is 2. The first-order chi connectivity index (χ1) is 6.11. The highest BCUT2D eigenvalue weighted by molar-refractivity contribution is 6.33. The van der Waals surface area contributed by atoms with Crippen LogP contribution in [-0.2, 0) is 4.79 Å². The van der Waals surface area contributed by atoms with Crippen molar-refractivity contribution in [3.8, 4) is 0 Å². The average molecular weight is 199 g/mol. The van der Waals surface area contributed by atoms with Crippen LogP contribution in [0.2, 0.25) is 5.02 Å². The second-order valence-electron chi connectivity index (χ2n) is 2.75. The molecule has 0 radical (unpaired) electrons. The molecule has 0 unspecified atom stereocenters. The van der Waals surface area contributed by atoms with Gasteiger partial charge in [-0.1, -0.05) is 23.7 Å². The van der Waals surface area contributed by atoms with Gasteiger partial charge >= 0.3 is 0 Å². The minimum absolute atomic E-state index is 0.403. The van der Waals surface area contributed by atoms with Crippen LogP contribution in [-0.4, -0.2) is 11.9 Å². The Bertz CT molecular complexity index is 314. The van der Waals surface area contributed by atoms with Crippen molar-refractivity contribution in [3.05, 3.63) is 29.3 Å². The van der Waals surface area contributed by atoms with Crippen LogP contribution in [0.25, 0.3) is 0 Å². The van der Waals surface area contributed by atoms with Gasteiger partial charge in [0.2, 0.25) is 5.91 Å². The maximum atomic E-state index is 10.7. The highest BCUT2D eigenvalue weighted by Crippen LogP contribution is 2.20. The lowest BCUT2D eigenvalue weighted by Crippen LogP contribution is -2.32. The molecule has 1 aromatic carbocycles. The molecule has 13 heavy (non-hydrogen) atoms. The van der Waals surface area contributed by atoms with Gasteiger partial charge in [-0.3, -0.25) is 4.79 Å². The second kappa shape index (κ2) is 4.14. The van der Waals surface area contributed by atoms with Gasteiger partial charge in [-0.25, -0.2) is 0 Å². The molecule has 0 saturated heterocycles. The summed E-state index contributed by atoms with van der Waals surface area (Å²) in [5.74, 6) is -0.403. The van der Waals surface area contributed by atoms with Crippen LogP contribution in [0.1, 0.15) is 6.92 Å². The third-order valence-electron chi connectivity index (χ3n) is 1.67. The number of benzene rings is 1. The lowest BCUT2D eigenvalue weighted by molar-refractivity contribution is -0.118. The molecule has 70 valence electrons. The molecule has 0 aliphatic carbocycles. The number of nitrogens with one attached hydrogen (secondary N) is 1. The maximum Gasteiger partial charge on any atom is 0.239 e. The van der Waals surface area contributed by atoms with Crippen molar-refractivity contribution in [2.45, 2.75) is 13.0 Å². The lowest BCUT2D eigenvalue weighted by Gasteiger charge is -2.12. The molecule has 3 nitrogen and oxygen atoms in total. The largest absolute Gasteiger partial charge is 0.373 e. The van der Waals surface area contributed by atoms with Crippen molar-refractivity contribution in [2.24, 2.45) is 5.73 Å². The molecule has 1 aromatic rings. The Hall–Kier alpha value is -1.22. The number of hydrogen-bond donors (Lipinski definition) is 2. The molecule has 1 amide bonds. The van der Waals surface area contributed by atoms with E-state index in [0.29, 0.717) is 5.02 Å². The van der Waals surface area contributed by atoms with Gasteiger partial charge in [-0.15, -0.1) is 0 Å². The van der Waals surface area contributed by atoms with Gasteiger partial charge < -0.3 is 11.1 Å². The Balaban J connectivity index is 2.74. The number of anilines is 1. The number of amides is 1. The molecule has 0 bridgehead atoms. The van der Waals surface area contributed by atoms with Crippen LogP contribution in [0.15, 0.2) is 24.3 Å². The molecule has 0 saturated carbocycles. The minimum atomic E-state index is -0.417. The molecule has 1 rings (SSSR count). The average Bonchev–Trinajstić information content (AvgIpc) is 2.08. The van der Waals surface area contributed by atoms with E-state index < -0.39 is 11.9 Å². The Morgan fingerprint density at radius 2 is 2.15 bits per heavy atom. The monoisotopic (exact) mass is 198 g/mol. The van der Waals surface area contributed by atoms with Gasteiger partial charge in [0, 0.05) is 0 Å². The zero-order valence-corrected chi connectivity index (χ0v) is 8.01. The van der Waals surface area contributed by atoms with Crippen molar-refractivity contribution in [1.29, 1.82) is 0 Å². The number of halogens is 1. The number of rotatable bonds is 3. The Morgan fingerprint density at radius 3 is 2.69 bits per heavy atom. The van der Waals surface area contributed by atoms with Gasteiger partial charge in [-0.05, 0) is 19.1 Å². The summed E-state index contributed by atoms with van der Waals surface area (Å²) in [5, 5.41) is 3.48. The van der Waals surface area contributed by atoms with Crippen LogP contribution in [0.4, 0.5) is 5.69 Å². The number of carbonyl (C=O) groups excluding carboxylic acids is 1. The number of para-hydroxylation sites is 1. The summed E-state index contributed by atoms with van der Waals surface area (Å²) in [6.07, 6.45) is 0. The molecule has 0 spiro atoms. The van der Waals surface area contributed by atoms with Gasteiger partial charge in [0.15, 0.2) is 0 Å². The molecule has 4 heteroatoms. The second-order valence-corrected chi connectivity index (χ2v) is 3.16. The SMILES string of the molecule is C[C@H](Nc1ccccc1Cl)C(N)=O. The maximum absolute atomic E-state index is 10.7. The Kier molecular flexibility index (Phi) is 3.14. The van der Waals surface area contributed by atoms with E-state index in [1.54, 1.807) is 19.1 Å². The topological polar surface area (TPSA) is 55.1 Å². The molecule has 0 fully saturated rings. The summed E-state index contributed by atoms with van der Waals surface area (Å²) in [4.78, 5) is 10.7. The summed E-state index contributed by atoms with van der Waals surface area (Å²) < 4.78 is 0. The number of carbonyl (C=O) groups is 1. The van der Waals surface area contributed by atoms with E-state index in [9.17, 15) is 4.79 Å². The normalized spacial score (nSPS) is 12.2. The lowest BCUT2D eigenvalue weighted by atomic mass is 10.2. The van der Waals surface area contributed by atoms with Crippen molar-refractivity contribution in [2.75, 3.05) is 5.32 Å². The van der Waals surface area contributed by atoms with E-state index in [2.05, 4.69) is 5.32 Å². The molecule has 0 aromatic heterocycles. The van der Waals surface area contributed by atoms with E-state index in [-0.39, 0.29) is 0 Å². The van der Waals surface area contributed by atoms with Crippen LogP contribution < -0.4 is 11.1 Å². The highest BCUT2D eigenvalue weighted by atomic mass is 35.5. The molecular formula is C9H11ClN2O. The number of primary amides is 1. The summed E-state index contributed by atoms with van der Waals surface area (Å²) in [5.41, 5.74) is 5.81. The molecule has 3 N–H and O–H groups in total. The summed E-state index contributed by atoms with van der Waals surface area (Å²) in [7, 11) is 0. The third kappa shape index (κ3) is 2.63. The quantitative estimate of drug-likeness (QED) is 0.776. The van der Waals surface area contributed by atoms with Crippen LogP contribution in [0.3, 0.4) is 0 Å². The van der Waals surface area contributed by atoms with E-state index in [1.807, 2.05) is 12.1 Å². The van der Waals surface area contributed by atoms with Crippen LogP contribution in [0, 0.1) is 0 Å². The smallest absolute Gasteiger partial charge is 0.239 e. The minimum Gasteiger partial charge on any atom is -0.373 e. The van der Waals surface area contributed by atoms with Crippen LogP contribution >= 0.6 is 11.6 Å². The van der Waals surface area contributed by atoms with Gasteiger partial charge in [-0.2, -0.15) is 0 Å². The van der Waals surface area contributed by atoms with Gasteiger partial charge in [0.05, 0.1) is 10.7 Å². The van der Waals surface area contributed by atoms with Crippen LogP contribution in [0.5, 0.6) is 0 Å². The predicted octanol–water partition coefficient (Wildman–Crippen LogP) is 1.63.